The van der Waals surface area contributed by atoms with Crippen molar-refractivity contribution in [2.75, 3.05) is 43.9 Å². The summed E-state index contributed by atoms with van der Waals surface area (Å²) < 4.78 is 24.6. The SMILES string of the molecule is CS(=O)(=O)N1CCN(c2c(Cl)cccc2CCN)CC1. The molecule has 1 aromatic carbocycles. The fraction of sp³-hybridized carbons (Fsp3) is 0.538. The van der Waals surface area contributed by atoms with Crippen LogP contribution in [0.15, 0.2) is 18.2 Å². The first kappa shape index (κ1) is 15.6. The van der Waals surface area contributed by atoms with Gasteiger partial charge in [-0.3, -0.25) is 0 Å². The second-order valence-corrected chi connectivity index (χ2v) is 7.32. The summed E-state index contributed by atoms with van der Waals surface area (Å²) in [4.78, 5) is 2.15. The summed E-state index contributed by atoms with van der Waals surface area (Å²) in [6.07, 6.45) is 2.01. The number of benzene rings is 1. The van der Waals surface area contributed by atoms with Gasteiger partial charge in [-0.15, -0.1) is 0 Å². The number of nitrogens with two attached hydrogens (primary N) is 1. The molecule has 0 atom stereocenters. The van der Waals surface area contributed by atoms with E-state index in [-0.39, 0.29) is 0 Å². The van der Waals surface area contributed by atoms with Crippen LogP contribution in [-0.2, 0) is 16.4 Å². The van der Waals surface area contributed by atoms with Crippen LogP contribution in [0.4, 0.5) is 5.69 Å². The first-order valence-corrected chi connectivity index (χ1v) is 8.83. The fourth-order valence-electron chi connectivity index (χ4n) is 2.51. The molecular weight excluding hydrogens is 298 g/mol. The van der Waals surface area contributed by atoms with E-state index in [1.165, 1.54) is 10.6 Å². The van der Waals surface area contributed by atoms with Crippen LogP contribution in [0, 0.1) is 0 Å². The van der Waals surface area contributed by atoms with Gasteiger partial charge in [0.15, 0.2) is 0 Å². The molecule has 0 aromatic heterocycles. The molecule has 0 spiro atoms. The number of hydrogen-bond acceptors (Lipinski definition) is 4. The van der Waals surface area contributed by atoms with Gasteiger partial charge in [-0.1, -0.05) is 23.7 Å². The summed E-state index contributed by atoms with van der Waals surface area (Å²) in [7, 11) is -3.11. The molecule has 2 N–H and O–H groups in total. The number of para-hydroxylation sites is 1. The Balaban J connectivity index is 2.18. The first-order chi connectivity index (χ1) is 9.43. The van der Waals surface area contributed by atoms with Crippen LogP contribution in [0.3, 0.4) is 0 Å². The topological polar surface area (TPSA) is 66.6 Å². The van der Waals surface area contributed by atoms with E-state index in [1.54, 1.807) is 0 Å². The summed E-state index contributed by atoms with van der Waals surface area (Å²) in [6.45, 7) is 2.84. The third-order valence-electron chi connectivity index (χ3n) is 3.51. The predicted molar refractivity (Wildman–Crippen MR) is 82.8 cm³/mol. The van der Waals surface area contributed by atoms with Crippen molar-refractivity contribution in [3.8, 4) is 0 Å². The molecule has 1 aromatic rings. The molecule has 1 aliphatic rings. The summed E-state index contributed by atoms with van der Waals surface area (Å²) in [5.74, 6) is 0. The minimum Gasteiger partial charge on any atom is -0.367 e. The van der Waals surface area contributed by atoms with Crippen molar-refractivity contribution in [2.45, 2.75) is 6.42 Å². The van der Waals surface area contributed by atoms with Crippen molar-refractivity contribution in [1.82, 2.24) is 4.31 Å². The lowest BCUT2D eigenvalue weighted by Crippen LogP contribution is -2.48. The van der Waals surface area contributed by atoms with Crippen molar-refractivity contribution in [3.05, 3.63) is 28.8 Å². The summed E-state index contributed by atoms with van der Waals surface area (Å²) in [5, 5.41) is 0.698. The molecule has 112 valence electrons. The lowest BCUT2D eigenvalue weighted by atomic mass is 10.1. The van der Waals surface area contributed by atoms with E-state index in [9.17, 15) is 8.42 Å². The zero-order chi connectivity index (χ0) is 14.8. The standard InChI is InChI=1S/C13H20ClN3O2S/c1-20(18,19)17-9-7-16(8-10-17)13-11(5-6-15)3-2-4-12(13)14/h2-4H,5-10,15H2,1H3. The Kier molecular flexibility index (Phi) is 4.90. The van der Waals surface area contributed by atoms with Crippen LogP contribution in [-0.4, -0.2) is 51.7 Å². The zero-order valence-electron chi connectivity index (χ0n) is 11.5. The van der Waals surface area contributed by atoms with Gasteiger partial charge in [0.25, 0.3) is 0 Å². The molecule has 0 radical (unpaired) electrons. The number of rotatable bonds is 4. The number of nitrogens with zero attached hydrogens (tertiary/aromatic N) is 2. The highest BCUT2D eigenvalue weighted by atomic mass is 35.5. The van der Waals surface area contributed by atoms with Gasteiger partial charge in [0, 0.05) is 26.2 Å². The molecule has 0 aliphatic carbocycles. The summed E-state index contributed by atoms with van der Waals surface area (Å²) in [6, 6.07) is 5.81. The zero-order valence-corrected chi connectivity index (χ0v) is 13.1. The highest BCUT2D eigenvalue weighted by molar-refractivity contribution is 7.88. The van der Waals surface area contributed by atoms with Crippen LogP contribution in [0.25, 0.3) is 0 Å². The van der Waals surface area contributed by atoms with E-state index in [1.807, 2.05) is 18.2 Å². The maximum absolute atomic E-state index is 11.5. The largest absolute Gasteiger partial charge is 0.367 e. The van der Waals surface area contributed by atoms with Crippen LogP contribution in [0.5, 0.6) is 0 Å². The van der Waals surface area contributed by atoms with Gasteiger partial charge in [0.2, 0.25) is 10.0 Å². The van der Waals surface area contributed by atoms with Gasteiger partial charge in [0.1, 0.15) is 0 Å². The molecule has 7 heteroatoms. The average Bonchev–Trinajstić information content (AvgIpc) is 2.38. The summed E-state index contributed by atoms with van der Waals surface area (Å²) >= 11 is 6.31. The van der Waals surface area contributed by atoms with Crippen molar-refractivity contribution in [2.24, 2.45) is 5.73 Å². The predicted octanol–water partition coefficient (Wildman–Crippen LogP) is 0.923. The third-order valence-corrected chi connectivity index (χ3v) is 5.12. The minimum atomic E-state index is -3.11. The molecule has 5 nitrogen and oxygen atoms in total. The molecule has 1 saturated heterocycles. The van der Waals surface area contributed by atoms with Crippen molar-refractivity contribution in [1.29, 1.82) is 0 Å². The maximum atomic E-state index is 11.5. The van der Waals surface area contributed by atoms with Crippen LogP contribution in [0.2, 0.25) is 5.02 Å². The molecule has 0 saturated carbocycles. The average molecular weight is 318 g/mol. The normalized spacial score (nSPS) is 17.4. The Morgan fingerprint density at radius 3 is 2.45 bits per heavy atom. The van der Waals surface area contributed by atoms with E-state index >= 15 is 0 Å². The Morgan fingerprint density at radius 1 is 1.25 bits per heavy atom. The van der Waals surface area contributed by atoms with E-state index in [0.29, 0.717) is 37.7 Å². The molecular formula is C13H20ClN3O2S. The maximum Gasteiger partial charge on any atom is 0.211 e. The van der Waals surface area contributed by atoms with E-state index in [0.717, 1.165) is 17.7 Å². The first-order valence-electron chi connectivity index (χ1n) is 6.61. The van der Waals surface area contributed by atoms with E-state index < -0.39 is 10.0 Å². The number of piperazine rings is 1. The fourth-order valence-corrected chi connectivity index (χ4v) is 3.65. The Morgan fingerprint density at radius 2 is 1.90 bits per heavy atom. The lowest BCUT2D eigenvalue weighted by molar-refractivity contribution is 0.388. The molecule has 2 rings (SSSR count). The highest BCUT2D eigenvalue weighted by Gasteiger charge is 2.25. The second-order valence-electron chi connectivity index (χ2n) is 4.94. The minimum absolute atomic E-state index is 0.492. The third kappa shape index (κ3) is 3.44. The number of anilines is 1. The van der Waals surface area contributed by atoms with Gasteiger partial charge < -0.3 is 10.6 Å². The molecule has 1 heterocycles. The molecule has 1 fully saturated rings. The quantitative estimate of drug-likeness (QED) is 0.897. The Hall–Kier alpha value is -0.820. The van der Waals surface area contributed by atoms with Crippen LogP contribution in [0.1, 0.15) is 5.56 Å². The van der Waals surface area contributed by atoms with Crippen molar-refractivity contribution < 1.29 is 8.42 Å². The van der Waals surface area contributed by atoms with E-state index in [4.69, 9.17) is 17.3 Å². The second kappa shape index (κ2) is 6.30. The van der Waals surface area contributed by atoms with E-state index in [2.05, 4.69) is 4.90 Å². The van der Waals surface area contributed by atoms with Gasteiger partial charge in [-0.2, -0.15) is 4.31 Å². The van der Waals surface area contributed by atoms with Crippen molar-refractivity contribution >= 4 is 27.3 Å². The number of sulfonamides is 1. The van der Waals surface area contributed by atoms with Gasteiger partial charge in [-0.25, -0.2) is 8.42 Å². The molecule has 1 aliphatic heterocycles. The molecule has 0 unspecified atom stereocenters. The van der Waals surface area contributed by atoms with Crippen LogP contribution >= 0.6 is 11.6 Å². The summed E-state index contributed by atoms with van der Waals surface area (Å²) in [5.41, 5.74) is 7.75. The van der Waals surface area contributed by atoms with Crippen molar-refractivity contribution in [3.63, 3.8) is 0 Å². The number of hydrogen-bond donors (Lipinski definition) is 1. The number of halogens is 1. The monoisotopic (exact) mass is 317 g/mol. The molecule has 0 amide bonds. The lowest BCUT2D eigenvalue weighted by Gasteiger charge is -2.36. The Labute approximate surface area is 125 Å². The van der Waals surface area contributed by atoms with Gasteiger partial charge in [0.05, 0.1) is 17.0 Å². The highest BCUT2D eigenvalue weighted by Crippen LogP contribution is 2.31. The Bertz CT molecular complexity index is 569. The van der Waals surface area contributed by atoms with Crippen LogP contribution < -0.4 is 10.6 Å². The van der Waals surface area contributed by atoms with Gasteiger partial charge in [-0.05, 0) is 24.6 Å². The molecule has 0 bridgehead atoms. The smallest absolute Gasteiger partial charge is 0.211 e. The molecule has 20 heavy (non-hydrogen) atoms. The van der Waals surface area contributed by atoms with Gasteiger partial charge >= 0.3 is 0 Å².